The zero-order valence-corrected chi connectivity index (χ0v) is 10.1. The smallest absolute Gasteiger partial charge is 0.330 e. The van der Waals surface area contributed by atoms with Crippen LogP contribution < -0.4 is 17.0 Å². The second-order valence-electron chi connectivity index (χ2n) is 4.00. The zero-order chi connectivity index (χ0) is 12.7. The van der Waals surface area contributed by atoms with Crippen LogP contribution in [0.3, 0.4) is 0 Å². The molecule has 0 bridgehead atoms. The topological polar surface area (TPSA) is 87.8 Å². The van der Waals surface area contributed by atoms with E-state index in [1.165, 1.54) is 11.6 Å². The second kappa shape index (κ2) is 3.85. The Morgan fingerprint density at radius 2 is 1.76 bits per heavy atom. The Labute approximate surface area is 97.1 Å². The fourth-order valence-electron chi connectivity index (χ4n) is 1.98. The minimum atomic E-state index is -0.373. The Balaban J connectivity index is 2.97. The van der Waals surface area contributed by atoms with Crippen LogP contribution in [-0.4, -0.2) is 25.2 Å². The van der Waals surface area contributed by atoms with Gasteiger partial charge in [0.15, 0.2) is 5.52 Å². The highest BCUT2D eigenvalue weighted by Crippen LogP contribution is 2.08. The highest BCUT2D eigenvalue weighted by molar-refractivity contribution is 5.70. The highest BCUT2D eigenvalue weighted by Gasteiger charge is 2.15. The van der Waals surface area contributed by atoms with Crippen molar-refractivity contribution >= 4 is 11.2 Å². The molecule has 2 aromatic rings. The number of fused-ring (bicyclic) bond motifs is 1. The quantitative estimate of drug-likeness (QED) is 0.686. The molecule has 0 fully saturated rings. The van der Waals surface area contributed by atoms with Gasteiger partial charge in [0, 0.05) is 27.6 Å². The number of rotatable bonds is 2. The van der Waals surface area contributed by atoms with Crippen LogP contribution in [0.2, 0.25) is 0 Å². The Kier molecular flexibility index (Phi) is 2.62. The van der Waals surface area contributed by atoms with Crippen molar-refractivity contribution in [2.75, 3.05) is 6.54 Å². The fourth-order valence-corrected chi connectivity index (χ4v) is 1.98. The molecule has 0 aliphatic carbocycles. The SMILES string of the molecule is Cn1c(=O)c2nc(CCN)n(C)c2n(C)c1=O. The minimum absolute atomic E-state index is 0.306. The van der Waals surface area contributed by atoms with Gasteiger partial charge >= 0.3 is 5.69 Å². The van der Waals surface area contributed by atoms with Gasteiger partial charge in [-0.2, -0.15) is 0 Å². The Bertz CT molecular complexity index is 691. The molecule has 0 aromatic carbocycles. The van der Waals surface area contributed by atoms with Gasteiger partial charge in [0.1, 0.15) is 11.5 Å². The third-order valence-corrected chi connectivity index (χ3v) is 2.92. The predicted molar refractivity (Wildman–Crippen MR) is 64.0 cm³/mol. The van der Waals surface area contributed by atoms with Crippen LogP contribution in [-0.2, 0) is 27.6 Å². The maximum atomic E-state index is 11.9. The average molecular weight is 237 g/mol. The lowest BCUT2D eigenvalue weighted by molar-refractivity contribution is 0.692. The van der Waals surface area contributed by atoms with Gasteiger partial charge in [-0.3, -0.25) is 13.9 Å². The van der Waals surface area contributed by atoms with Crippen LogP contribution >= 0.6 is 0 Å². The van der Waals surface area contributed by atoms with E-state index in [0.29, 0.717) is 30.0 Å². The van der Waals surface area contributed by atoms with Crippen molar-refractivity contribution in [3.63, 3.8) is 0 Å². The van der Waals surface area contributed by atoms with Crippen molar-refractivity contribution in [1.82, 2.24) is 18.7 Å². The van der Waals surface area contributed by atoms with E-state index in [9.17, 15) is 9.59 Å². The summed E-state index contributed by atoms with van der Waals surface area (Å²) in [4.78, 5) is 28.0. The van der Waals surface area contributed by atoms with Gasteiger partial charge in [-0.25, -0.2) is 9.78 Å². The van der Waals surface area contributed by atoms with Crippen molar-refractivity contribution in [2.45, 2.75) is 6.42 Å². The van der Waals surface area contributed by atoms with Crippen LogP contribution in [0.15, 0.2) is 9.59 Å². The normalized spacial score (nSPS) is 11.3. The molecule has 92 valence electrons. The number of aryl methyl sites for hydroxylation is 2. The van der Waals surface area contributed by atoms with E-state index in [0.717, 1.165) is 4.57 Å². The first-order valence-corrected chi connectivity index (χ1v) is 5.30. The number of imidazole rings is 1. The molecule has 0 atom stereocenters. The average Bonchev–Trinajstić information content (AvgIpc) is 2.62. The van der Waals surface area contributed by atoms with Gasteiger partial charge < -0.3 is 10.3 Å². The minimum Gasteiger partial charge on any atom is -0.330 e. The maximum Gasteiger partial charge on any atom is 0.332 e. The summed E-state index contributed by atoms with van der Waals surface area (Å²) >= 11 is 0. The number of aromatic nitrogens is 4. The monoisotopic (exact) mass is 237 g/mol. The van der Waals surface area contributed by atoms with Gasteiger partial charge in [0.25, 0.3) is 5.56 Å². The Morgan fingerprint density at radius 1 is 1.12 bits per heavy atom. The summed E-state index contributed by atoms with van der Waals surface area (Å²) in [6.45, 7) is 0.450. The van der Waals surface area contributed by atoms with Crippen LogP contribution in [0.1, 0.15) is 5.82 Å². The van der Waals surface area contributed by atoms with Gasteiger partial charge in [-0.05, 0) is 6.54 Å². The second-order valence-corrected chi connectivity index (χ2v) is 4.00. The molecule has 0 aliphatic rings. The van der Waals surface area contributed by atoms with Gasteiger partial charge in [-0.1, -0.05) is 0 Å². The van der Waals surface area contributed by atoms with Crippen LogP contribution in [0.5, 0.6) is 0 Å². The molecule has 0 radical (unpaired) electrons. The first kappa shape index (κ1) is 11.6. The molecule has 0 aliphatic heterocycles. The molecule has 2 heterocycles. The Morgan fingerprint density at radius 3 is 2.35 bits per heavy atom. The molecule has 0 saturated carbocycles. The molecule has 2 rings (SSSR count). The summed E-state index contributed by atoms with van der Waals surface area (Å²) in [5.41, 5.74) is 5.59. The summed E-state index contributed by atoms with van der Waals surface area (Å²) in [7, 11) is 4.85. The van der Waals surface area contributed by atoms with Gasteiger partial charge in [-0.15, -0.1) is 0 Å². The molecular weight excluding hydrogens is 222 g/mol. The molecule has 2 aromatic heterocycles. The molecule has 0 amide bonds. The largest absolute Gasteiger partial charge is 0.332 e. The summed E-state index contributed by atoms with van der Waals surface area (Å²) < 4.78 is 4.22. The molecule has 0 spiro atoms. The molecular formula is C10H15N5O2. The predicted octanol–water partition coefficient (Wildman–Crippen LogP) is -1.53. The third-order valence-electron chi connectivity index (χ3n) is 2.92. The van der Waals surface area contributed by atoms with E-state index in [1.54, 1.807) is 18.7 Å². The standard InChI is InChI=1S/C10H15N5O2/c1-13-6(4-5-11)12-7-8(13)14(2)10(17)15(3)9(7)16/h4-5,11H2,1-3H3. The molecule has 17 heavy (non-hydrogen) atoms. The Hall–Kier alpha value is -1.89. The van der Waals surface area contributed by atoms with Crippen molar-refractivity contribution < 1.29 is 0 Å². The summed E-state index contributed by atoms with van der Waals surface area (Å²) in [6.07, 6.45) is 0.572. The lowest BCUT2D eigenvalue weighted by Gasteiger charge is -2.05. The lowest BCUT2D eigenvalue weighted by atomic mass is 10.4. The number of hydrogen-bond donors (Lipinski definition) is 1. The maximum absolute atomic E-state index is 11.9. The van der Waals surface area contributed by atoms with Crippen LogP contribution in [0.25, 0.3) is 11.2 Å². The van der Waals surface area contributed by atoms with E-state index in [2.05, 4.69) is 4.98 Å². The van der Waals surface area contributed by atoms with Crippen LogP contribution in [0.4, 0.5) is 0 Å². The van der Waals surface area contributed by atoms with E-state index in [1.807, 2.05) is 0 Å². The third kappa shape index (κ3) is 1.50. The highest BCUT2D eigenvalue weighted by atomic mass is 16.2. The van der Waals surface area contributed by atoms with Gasteiger partial charge in [0.2, 0.25) is 0 Å². The van der Waals surface area contributed by atoms with Crippen molar-refractivity contribution in [1.29, 1.82) is 0 Å². The summed E-state index contributed by atoms with van der Waals surface area (Å²) in [5.74, 6) is 0.709. The molecule has 0 unspecified atom stereocenters. The zero-order valence-electron chi connectivity index (χ0n) is 10.1. The van der Waals surface area contributed by atoms with E-state index in [4.69, 9.17) is 5.73 Å². The van der Waals surface area contributed by atoms with Crippen molar-refractivity contribution in [3.8, 4) is 0 Å². The molecule has 7 heteroatoms. The first-order valence-electron chi connectivity index (χ1n) is 5.30. The van der Waals surface area contributed by atoms with Crippen LogP contribution in [0, 0.1) is 0 Å². The van der Waals surface area contributed by atoms with Crippen molar-refractivity contribution in [2.24, 2.45) is 26.9 Å². The first-order chi connectivity index (χ1) is 7.99. The van der Waals surface area contributed by atoms with E-state index < -0.39 is 0 Å². The summed E-state index contributed by atoms with van der Waals surface area (Å²) in [6, 6.07) is 0. The number of nitrogens with zero attached hydrogens (tertiary/aromatic N) is 4. The number of nitrogens with two attached hydrogens (primary N) is 1. The summed E-state index contributed by atoms with van der Waals surface area (Å²) in [5, 5.41) is 0. The van der Waals surface area contributed by atoms with Crippen molar-refractivity contribution in [3.05, 3.63) is 26.7 Å². The fraction of sp³-hybridized carbons (Fsp3) is 0.500. The molecule has 7 nitrogen and oxygen atoms in total. The van der Waals surface area contributed by atoms with E-state index in [-0.39, 0.29) is 11.2 Å². The lowest BCUT2D eigenvalue weighted by Crippen LogP contribution is -2.37. The van der Waals surface area contributed by atoms with Gasteiger partial charge in [0.05, 0.1) is 0 Å². The molecule has 2 N–H and O–H groups in total. The number of hydrogen-bond acceptors (Lipinski definition) is 4. The molecule has 0 saturated heterocycles. The van der Waals surface area contributed by atoms with E-state index >= 15 is 0 Å².